The van der Waals surface area contributed by atoms with Crippen molar-refractivity contribution in [2.45, 2.75) is 26.0 Å². The van der Waals surface area contributed by atoms with E-state index >= 15 is 0 Å². The van der Waals surface area contributed by atoms with E-state index < -0.39 is 5.97 Å². The summed E-state index contributed by atoms with van der Waals surface area (Å²) < 4.78 is 0. The summed E-state index contributed by atoms with van der Waals surface area (Å²) in [5.41, 5.74) is 9.05. The summed E-state index contributed by atoms with van der Waals surface area (Å²) in [7, 11) is 0. The Labute approximate surface area is 143 Å². The molecule has 0 saturated carbocycles. The quantitative estimate of drug-likeness (QED) is 0.550. The molecule has 0 saturated heterocycles. The van der Waals surface area contributed by atoms with Crippen molar-refractivity contribution >= 4 is 53.9 Å². The number of anilines is 2. The normalized spacial score (nSPS) is 9.43. The summed E-state index contributed by atoms with van der Waals surface area (Å²) in [6.45, 7) is 6.16. The smallest absolute Gasteiger partial charge is 0.304 e. The molecule has 3 N–H and O–H groups in total. The van der Waals surface area contributed by atoms with Crippen LogP contribution >= 0.6 is 36.6 Å². The Morgan fingerprint density at radius 2 is 1.90 bits per heavy atom. The van der Waals surface area contributed by atoms with Crippen molar-refractivity contribution in [2.24, 2.45) is 0 Å². The summed E-state index contributed by atoms with van der Waals surface area (Å²) in [4.78, 5) is 12.7. The molecular weight excluding hydrogens is 331 g/mol. The topological polar surface area (TPSA) is 66.6 Å². The van der Waals surface area contributed by atoms with Gasteiger partial charge in [-0.2, -0.15) is 11.8 Å². The fraction of sp³-hybridized carbons (Fsp3) is 0.500. The molecule has 1 rings (SSSR count). The number of halogens is 2. The number of carbonyl (C=O) groups is 1. The summed E-state index contributed by atoms with van der Waals surface area (Å²) in [5, 5.41) is 8.57. The minimum Gasteiger partial charge on any atom is -0.481 e. The second-order valence-electron chi connectivity index (χ2n) is 4.25. The monoisotopic (exact) mass is 354 g/mol. The zero-order valence-corrected chi connectivity index (χ0v) is 14.8. The first kappa shape index (κ1) is 22.5. The van der Waals surface area contributed by atoms with Crippen LogP contribution in [-0.2, 0) is 10.5 Å². The SMILES string of the molecule is CCN(CC)c1ccc(CSCCC(=O)O)c(N)c1.Cl.Cl. The number of benzene rings is 1. The highest BCUT2D eigenvalue weighted by Crippen LogP contribution is 2.24. The highest BCUT2D eigenvalue weighted by molar-refractivity contribution is 7.98. The largest absolute Gasteiger partial charge is 0.481 e. The average Bonchev–Trinajstić information content (AvgIpc) is 2.38. The second kappa shape index (κ2) is 11.8. The minimum atomic E-state index is -0.752. The van der Waals surface area contributed by atoms with E-state index in [1.165, 1.54) is 0 Å². The molecule has 0 fully saturated rings. The van der Waals surface area contributed by atoms with Crippen LogP contribution in [0.25, 0.3) is 0 Å². The van der Waals surface area contributed by atoms with E-state index in [2.05, 4.69) is 24.8 Å². The maximum atomic E-state index is 10.4. The number of nitrogens with two attached hydrogens (primary N) is 1. The Bertz CT molecular complexity index is 429. The molecule has 0 amide bonds. The number of thioether (sulfide) groups is 1. The lowest BCUT2D eigenvalue weighted by Crippen LogP contribution is -2.21. The van der Waals surface area contributed by atoms with Gasteiger partial charge in [0.2, 0.25) is 0 Å². The van der Waals surface area contributed by atoms with Gasteiger partial charge < -0.3 is 15.7 Å². The second-order valence-corrected chi connectivity index (χ2v) is 5.36. The molecule has 0 spiro atoms. The molecule has 4 nitrogen and oxygen atoms in total. The Balaban J connectivity index is 0. The van der Waals surface area contributed by atoms with Crippen LogP contribution in [0.3, 0.4) is 0 Å². The van der Waals surface area contributed by atoms with Crippen LogP contribution in [-0.4, -0.2) is 29.9 Å². The van der Waals surface area contributed by atoms with Crippen LogP contribution in [0.15, 0.2) is 18.2 Å². The minimum absolute atomic E-state index is 0. The van der Waals surface area contributed by atoms with Crippen molar-refractivity contribution in [3.05, 3.63) is 23.8 Å². The van der Waals surface area contributed by atoms with Crippen LogP contribution in [0.1, 0.15) is 25.8 Å². The molecule has 0 heterocycles. The van der Waals surface area contributed by atoms with Crippen molar-refractivity contribution in [1.82, 2.24) is 0 Å². The number of rotatable bonds is 8. The van der Waals surface area contributed by atoms with Gasteiger partial charge in [-0.25, -0.2) is 0 Å². The molecule has 1 aromatic rings. The van der Waals surface area contributed by atoms with Gasteiger partial charge in [0.25, 0.3) is 0 Å². The van der Waals surface area contributed by atoms with Gasteiger partial charge in [0.1, 0.15) is 0 Å². The Morgan fingerprint density at radius 3 is 2.38 bits per heavy atom. The van der Waals surface area contributed by atoms with Gasteiger partial charge >= 0.3 is 5.97 Å². The first-order valence-corrected chi connectivity index (χ1v) is 7.66. The summed E-state index contributed by atoms with van der Waals surface area (Å²) >= 11 is 1.60. The lowest BCUT2D eigenvalue weighted by atomic mass is 10.1. The van der Waals surface area contributed by atoms with Crippen LogP contribution in [0, 0.1) is 0 Å². The summed E-state index contributed by atoms with van der Waals surface area (Å²) in [6.07, 6.45) is 0.197. The van der Waals surface area contributed by atoms with E-state index in [9.17, 15) is 4.79 Å². The van der Waals surface area contributed by atoms with Crippen LogP contribution in [0.2, 0.25) is 0 Å². The van der Waals surface area contributed by atoms with E-state index in [4.69, 9.17) is 10.8 Å². The molecule has 0 unspecified atom stereocenters. The van der Waals surface area contributed by atoms with Gasteiger partial charge in [-0.15, -0.1) is 24.8 Å². The third kappa shape index (κ3) is 7.69. The van der Waals surface area contributed by atoms with E-state index in [1.807, 2.05) is 12.1 Å². The molecule has 0 atom stereocenters. The van der Waals surface area contributed by atoms with Crippen molar-refractivity contribution < 1.29 is 9.90 Å². The van der Waals surface area contributed by atoms with Crippen molar-refractivity contribution in [1.29, 1.82) is 0 Å². The highest BCUT2D eigenvalue weighted by atomic mass is 35.5. The summed E-state index contributed by atoms with van der Waals surface area (Å²) in [5.74, 6) is 0.627. The highest BCUT2D eigenvalue weighted by Gasteiger charge is 2.06. The van der Waals surface area contributed by atoms with Crippen molar-refractivity contribution in [2.75, 3.05) is 29.5 Å². The van der Waals surface area contributed by atoms with Crippen LogP contribution in [0.5, 0.6) is 0 Å². The Kier molecular flexibility index (Phi) is 12.7. The maximum absolute atomic E-state index is 10.4. The van der Waals surface area contributed by atoms with Crippen molar-refractivity contribution in [3.8, 4) is 0 Å². The lowest BCUT2D eigenvalue weighted by molar-refractivity contribution is -0.136. The Morgan fingerprint density at radius 1 is 1.29 bits per heavy atom. The van der Waals surface area contributed by atoms with Crippen LogP contribution in [0.4, 0.5) is 11.4 Å². The van der Waals surface area contributed by atoms with Gasteiger partial charge in [-0.3, -0.25) is 4.79 Å². The van der Waals surface area contributed by atoms with Gasteiger partial charge in [0.15, 0.2) is 0 Å². The third-order valence-electron chi connectivity index (χ3n) is 2.98. The number of hydrogen-bond acceptors (Lipinski definition) is 4. The zero-order chi connectivity index (χ0) is 14.3. The van der Waals surface area contributed by atoms with Crippen molar-refractivity contribution in [3.63, 3.8) is 0 Å². The first-order chi connectivity index (χ1) is 9.08. The number of carboxylic acid groups (broad SMARTS) is 1. The molecular formula is C14H24Cl2N2O2S. The first-order valence-electron chi connectivity index (χ1n) is 6.51. The standard InChI is InChI=1S/C14H22N2O2S.2ClH/c1-3-16(4-2)12-6-5-11(13(15)9-12)10-19-8-7-14(17)18;;/h5-6,9H,3-4,7-8,10,15H2,1-2H3,(H,17,18);2*1H. The molecule has 0 aliphatic heterocycles. The number of hydrogen-bond donors (Lipinski definition) is 2. The van der Waals surface area contributed by atoms with Gasteiger partial charge in [-0.05, 0) is 31.5 Å². The molecule has 0 aromatic heterocycles. The molecule has 0 aliphatic rings. The number of nitrogens with zero attached hydrogens (tertiary/aromatic N) is 1. The molecule has 0 aliphatic carbocycles. The number of carboxylic acids is 1. The van der Waals surface area contributed by atoms with E-state index in [0.29, 0.717) is 5.75 Å². The van der Waals surface area contributed by atoms with Gasteiger partial charge in [-0.1, -0.05) is 6.07 Å². The van der Waals surface area contributed by atoms with Crippen LogP contribution < -0.4 is 10.6 Å². The van der Waals surface area contributed by atoms with Gasteiger partial charge in [0.05, 0.1) is 6.42 Å². The maximum Gasteiger partial charge on any atom is 0.304 e. The number of nitrogen functional groups attached to an aromatic ring is 1. The Hall–Kier alpha value is -0.780. The molecule has 0 radical (unpaired) electrons. The molecule has 7 heteroatoms. The van der Waals surface area contributed by atoms with Gasteiger partial charge in [0, 0.05) is 36.0 Å². The van der Waals surface area contributed by atoms with E-state index in [0.717, 1.165) is 35.8 Å². The molecule has 122 valence electrons. The predicted molar refractivity (Wildman–Crippen MR) is 97.3 cm³/mol. The molecule has 0 bridgehead atoms. The predicted octanol–water partition coefficient (Wildman–Crippen LogP) is 3.67. The van der Waals surface area contributed by atoms with E-state index in [1.54, 1.807) is 11.8 Å². The lowest BCUT2D eigenvalue weighted by Gasteiger charge is -2.22. The summed E-state index contributed by atoms with van der Waals surface area (Å²) in [6, 6.07) is 6.12. The average molecular weight is 355 g/mol. The molecule has 21 heavy (non-hydrogen) atoms. The number of aliphatic carboxylic acids is 1. The fourth-order valence-electron chi connectivity index (χ4n) is 1.84. The third-order valence-corrected chi connectivity index (χ3v) is 3.98. The fourth-order valence-corrected chi connectivity index (χ4v) is 2.79. The zero-order valence-electron chi connectivity index (χ0n) is 12.4. The van der Waals surface area contributed by atoms with E-state index in [-0.39, 0.29) is 31.2 Å². The molecule has 1 aromatic carbocycles.